The van der Waals surface area contributed by atoms with E-state index in [1.165, 1.54) is 250 Å². The van der Waals surface area contributed by atoms with E-state index in [2.05, 4.69) is 41.5 Å². The summed E-state index contributed by atoms with van der Waals surface area (Å²) in [5, 5.41) is 56.2. The van der Waals surface area contributed by atoms with Crippen LogP contribution in [-0.4, -0.2) is 162 Å². The van der Waals surface area contributed by atoms with Crippen LogP contribution < -0.4 is 14.7 Å². The number of quaternary nitrogens is 3. The van der Waals surface area contributed by atoms with Crippen LogP contribution in [-0.2, 0) is 4.57 Å². The molecule has 0 aromatic heterocycles. The molecule has 0 rings (SSSR count). The van der Waals surface area contributed by atoms with Crippen LogP contribution in [0.5, 0.6) is 0 Å². The molecule has 6 N–H and O–H groups in total. The van der Waals surface area contributed by atoms with Gasteiger partial charge in [0.1, 0.15) is 39.3 Å². The van der Waals surface area contributed by atoms with Crippen LogP contribution in [0.15, 0.2) is 0 Å². The molecule has 0 aliphatic carbocycles. The maximum atomic E-state index is 9.36. The van der Waals surface area contributed by atoms with Gasteiger partial charge in [0.2, 0.25) is 0 Å². The lowest BCUT2D eigenvalue weighted by atomic mass is 10.0. The second-order valence-electron chi connectivity index (χ2n) is 24.2. The van der Waals surface area contributed by atoms with E-state index in [9.17, 15) is 30.6 Å². The van der Waals surface area contributed by atoms with Crippen LogP contribution >= 0.6 is 7.82 Å². The highest BCUT2D eigenvalue weighted by Gasteiger charge is 2.27. The van der Waals surface area contributed by atoms with Gasteiger partial charge in [-0.15, -0.1) is 0 Å². The van der Waals surface area contributed by atoms with E-state index in [-0.39, 0.29) is 39.6 Å². The fourth-order valence-electron chi connectivity index (χ4n) is 12.1. The van der Waals surface area contributed by atoms with Gasteiger partial charge in [-0.05, 0) is 57.8 Å². The summed E-state index contributed by atoms with van der Waals surface area (Å²) < 4.78 is 11.3. The molecule has 14 heteroatoms. The molecule has 13 nitrogen and oxygen atoms in total. The van der Waals surface area contributed by atoms with Gasteiger partial charge >= 0.3 is 0 Å². The maximum Gasteiger partial charge on any atom is 0.102 e. The van der Waals surface area contributed by atoms with Crippen molar-refractivity contribution in [2.75, 3.05) is 118 Å². The predicted molar refractivity (Wildman–Crippen MR) is 337 cm³/mol. The van der Waals surface area contributed by atoms with Crippen LogP contribution in [0.4, 0.5) is 0 Å². The molecule has 80 heavy (non-hydrogen) atoms. The summed E-state index contributed by atoms with van der Waals surface area (Å²) in [5.41, 5.74) is 0. The van der Waals surface area contributed by atoms with Crippen molar-refractivity contribution in [3.8, 4) is 0 Å². The van der Waals surface area contributed by atoms with Gasteiger partial charge in [-0.3, -0.25) is 0 Å². The number of phosphoric acid groups is 1. The molecule has 0 aliphatic heterocycles. The van der Waals surface area contributed by atoms with Crippen molar-refractivity contribution in [3.63, 3.8) is 0 Å². The fourth-order valence-corrected chi connectivity index (χ4v) is 12.1. The maximum absolute atomic E-state index is 9.36. The van der Waals surface area contributed by atoms with Gasteiger partial charge in [0.05, 0.1) is 78.9 Å². The minimum Gasteiger partial charge on any atom is -0.822 e. The van der Waals surface area contributed by atoms with Crippen molar-refractivity contribution in [1.82, 2.24) is 0 Å². The van der Waals surface area contributed by atoms with Crippen LogP contribution in [0.1, 0.15) is 311 Å². The lowest BCUT2D eigenvalue weighted by Gasteiger charge is -2.38. The zero-order valence-corrected chi connectivity index (χ0v) is 55.4. The standard InChI is InChI=1S/3C22H48NO2.H3O4P/c3*1-3-5-6-7-8-9-10-11-12-13-14-15-16-18-23(17-4-2,19-21-24)20-22-25;1-5(2,3)4/h3*24-25H,3-22H2,1-2H3;(H3,1,2,3,4)/q3*+1;/p-3. The number of hydrogen-bond acceptors (Lipinski definition) is 10. The van der Waals surface area contributed by atoms with Crippen molar-refractivity contribution in [2.24, 2.45) is 0 Å². The molecule has 0 saturated heterocycles. The van der Waals surface area contributed by atoms with Crippen LogP contribution in [0.2, 0.25) is 0 Å². The molecule has 488 valence electrons. The Balaban J connectivity index is -0.000000518. The second-order valence-corrected chi connectivity index (χ2v) is 25.1. The van der Waals surface area contributed by atoms with Gasteiger partial charge in [-0.1, -0.05) is 253 Å². The molecule has 0 radical (unpaired) electrons. The molecule has 0 saturated carbocycles. The quantitative estimate of drug-likeness (QED) is 0.0193. The highest BCUT2D eigenvalue weighted by Crippen LogP contribution is 2.19. The topological polar surface area (TPSA) is 208 Å². The van der Waals surface area contributed by atoms with Gasteiger partial charge < -0.3 is 63.3 Å². The molecule has 0 aromatic rings. The number of aliphatic hydroxyl groups excluding tert-OH is 6. The Labute approximate surface area is 498 Å². The first-order valence-electron chi connectivity index (χ1n) is 34.7. The van der Waals surface area contributed by atoms with E-state index >= 15 is 0 Å². The van der Waals surface area contributed by atoms with E-state index in [0.29, 0.717) is 0 Å². The van der Waals surface area contributed by atoms with Crippen molar-refractivity contribution in [3.05, 3.63) is 0 Å². The molecular formula is C66H144N3O10P. The first kappa shape index (κ1) is 86.2. The Bertz CT molecular complexity index is 1000. The largest absolute Gasteiger partial charge is 0.822 e. The van der Waals surface area contributed by atoms with Crippen molar-refractivity contribution in [1.29, 1.82) is 0 Å². The summed E-state index contributed by atoms with van der Waals surface area (Å²) in [6.07, 6.45) is 57.4. The predicted octanol–water partition coefficient (Wildman–Crippen LogP) is 13.0. The molecule has 0 aliphatic rings. The van der Waals surface area contributed by atoms with Crippen LogP contribution in [0.25, 0.3) is 0 Å². The van der Waals surface area contributed by atoms with Crippen molar-refractivity contribution in [2.45, 2.75) is 311 Å². The summed E-state index contributed by atoms with van der Waals surface area (Å²) in [7, 11) is -5.39. The van der Waals surface area contributed by atoms with Gasteiger partial charge in [0, 0.05) is 0 Å². The highest BCUT2D eigenvalue weighted by molar-refractivity contribution is 7.40. The average Bonchev–Trinajstić information content (AvgIpc) is 3.41. The average molecular weight is 1170 g/mol. The molecular weight excluding hydrogens is 1030 g/mol. The lowest BCUT2D eigenvalue weighted by molar-refractivity contribution is -0.929. The molecule has 0 spiro atoms. The molecule has 0 amide bonds. The molecule has 0 unspecified atom stereocenters. The minimum absolute atomic E-state index is 0.235. The molecule has 0 fully saturated rings. The van der Waals surface area contributed by atoms with Crippen molar-refractivity contribution < 1.29 is 63.3 Å². The van der Waals surface area contributed by atoms with Crippen LogP contribution in [0.3, 0.4) is 0 Å². The zero-order chi connectivity index (χ0) is 60.4. The van der Waals surface area contributed by atoms with E-state index in [1.54, 1.807) is 0 Å². The molecule has 0 heterocycles. The van der Waals surface area contributed by atoms with Crippen LogP contribution in [0, 0.1) is 0 Å². The number of aliphatic hydroxyl groups is 6. The summed E-state index contributed by atoms with van der Waals surface area (Å²) in [6.45, 7) is 26.2. The lowest BCUT2D eigenvalue weighted by Crippen LogP contribution is -2.52. The Morgan fingerprint density at radius 2 is 0.338 bits per heavy atom. The molecule has 0 aromatic carbocycles. The fraction of sp³-hybridized carbons (Fsp3) is 1.00. The van der Waals surface area contributed by atoms with Gasteiger partial charge in [-0.25, -0.2) is 0 Å². The Morgan fingerprint density at radius 1 is 0.212 bits per heavy atom. The molecule has 0 atom stereocenters. The number of nitrogens with zero attached hydrogens (tertiary/aromatic N) is 3. The minimum atomic E-state index is -5.39. The summed E-state index contributed by atoms with van der Waals surface area (Å²) in [4.78, 5) is 25.6. The number of hydrogen-bond donors (Lipinski definition) is 6. The van der Waals surface area contributed by atoms with E-state index in [1.807, 2.05) is 0 Å². The van der Waals surface area contributed by atoms with Gasteiger partial charge in [-0.2, -0.15) is 7.82 Å². The van der Waals surface area contributed by atoms with E-state index < -0.39 is 7.82 Å². The number of unbranched alkanes of at least 4 members (excludes halogenated alkanes) is 36. The zero-order valence-electron chi connectivity index (χ0n) is 54.5. The van der Waals surface area contributed by atoms with Crippen molar-refractivity contribution >= 4 is 7.82 Å². The van der Waals surface area contributed by atoms with E-state index in [4.69, 9.17) is 19.2 Å². The SMILES string of the molecule is CCCCCCCCCCCCCCC[N+](CCC)(CCO)CCO.CCCCCCCCCCCCCCC[N+](CCC)(CCO)CCO.CCCCCCCCCCCCCCC[N+](CCC)(CCO)CCO.O=P([O-])([O-])[O-]. The number of rotatable bonds is 60. The monoisotopic (exact) mass is 1170 g/mol. The molecule has 0 bridgehead atoms. The summed E-state index contributed by atoms with van der Waals surface area (Å²) in [6, 6.07) is 0. The highest BCUT2D eigenvalue weighted by atomic mass is 31.2. The van der Waals surface area contributed by atoms with Gasteiger partial charge in [0.25, 0.3) is 0 Å². The third-order valence-corrected chi connectivity index (χ3v) is 16.7. The second kappa shape index (κ2) is 67.9. The Hall–Kier alpha value is -0.250. The Morgan fingerprint density at radius 3 is 0.450 bits per heavy atom. The van der Waals surface area contributed by atoms with Gasteiger partial charge in [0.15, 0.2) is 0 Å². The smallest absolute Gasteiger partial charge is 0.102 e. The first-order valence-corrected chi connectivity index (χ1v) is 36.1. The Kier molecular flexibility index (Phi) is 73.1. The first-order chi connectivity index (χ1) is 38.7. The normalized spacial score (nSPS) is 12.0. The third-order valence-electron chi connectivity index (χ3n) is 16.7. The van der Waals surface area contributed by atoms with E-state index in [0.717, 1.165) is 111 Å². The summed E-state index contributed by atoms with van der Waals surface area (Å²) >= 11 is 0. The third kappa shape index (κ3) is 65.3. The summed E-state index contributed by atoms with van der Waals surface area (Å²) in [5.74, 6) is 0.